The van der Waals surface area contributed by atoms with Crippen LogP contribution in [-0.4, -0.2) is 42.6 Å². The Labute approximate surface area is 181 Å². The molecule has 5 nitrogen and oxygen atoms in total. The zero-order valence-electron chi connectivity index (χ0n) is 19.0. The van der Waals surface area contributed by atoms with Crippen LogP contribution >= 0.6 is 0 Å². The minimum atomic E-state index is -0.0787. The van der Waals surface area contributed by atoms with Gasteiger partial charge in [-0.25, -0.2) is 0 Å². The highest BCUT2D eigenvalue weighted by Crippen LogP contribution is 2.33. The van der Waals surface area contributed by atoms with E-state index >= 15 is 0 Å². The average Bonchev–Trinajstić information content (AvgIpc) is 2.85. The molecule has 1 aromatic carbocycles. The summed E-state index contributed by atoms with van der Waals surface area (Å²) in [6.45, 7) is 10.8. The number of benzene rings is 1. The molecule has 1 aliphatic heterocycles. The summed E-state index contributed by atoms with van der Waals surface area (Å²) in [7, 11) is 0. The van der Waals surface area contributed by atoms with E-state index in [9.17, 15) is 9.59 Å². The number of carbonyl (C=O) groups is 2. The molecule has 0 spiro atoms. The van der Waals surface area contributed by atoms with Crippen LogP contribution in [0.25, 0.3) is 0 Å². The van der Waals surface area contributed by atoms with Crippen LogP contribution in [0.15, 0.2) is 24.3 Å². The summed E-state index contributed by atoms with van der Waals surface area (Å²) in [5.74, 6) is 1.34. The summed E-state index contributed by atoms with van der Waals surface area (Å²) in [4.78, 5) is 26.9. The van der Waals surface area contributed by atoms with Gasteiger partial charge in [0.25, 0.3) is 5.91 Å². The maximum Gasteiger partial charge on any atom is 0.308 e. The van der Waals surface area contributed by atoms with Gasteiger partial charge in [-0.1, -0.05) is 20.8 Å². The van der Waals surface area contributed by atoms with E-state index < -0.39 is 0 Å². The van der Waals surface area contributed by atoms with Gasteiger partial charge in [0.05, 0.1) is 18.6 Å². The van der Waals surface area contributed by atoms with E-state index in [2.05, 4.69) is 20.8 Å². The van der Waals surface area contributed by atoms with Crippen molar-refractivity contribution in [3.63, 3.8) is 0 Å². The highest BCUT2D eigenvalue weighted by Gasteiger charge is 2.30. The van der Waals surface area contributed by atoms with Crippen LogP contribution in [0, 0.1) is 17.3 Å². The van der Waals surface area contributed by atoms with Gasteiger partial charge in [-0.2, -0.15) is 0 Å². The zero-order chi connectivity index (χ0) is 21.7. The van der Waals surface area contributed by atoms with Gasteiger partial charge in [-0.3, -0.25) is 9.59 Å². The number of likely N-dealkylation sites (tertiary alicyclic amines) is 1. The quantitative estimate of drug-likeness (QED) is 0.629. The second-order valence-electron chi connectivity index (χ2n) is 9.84. The number of esters is 1. The third-order valence-corrected chi connectivity index (χ3v) is 6.48. The largest absolute Gasteiger partial charge is 0.490 e. The smallest absolute Gasteiger partial charge is 0.308 e. The van der Waals surface area contributed by atoms with Gasteiger partial charge in [0, 0.05) is 18.7 Å². The Morgan fingerprint density at radius 3 is 2.40 bits per heavy atom. The molecule has 0 radical (unpaired) electrons. The average molecular weight is 416 g/mol. The molecule has 1 saturated heterocycles. The lowest BCUT2D eigenvalue weighted by molar-refractivity contribution is -0.149. The summed E-state index contributed by atoms with van der Waals surface area (Å²) < 4.78 is 11.2. The molecule has 30 heavy (non-hydrogen) atoms. The van der Waals surface area contributed by atoms with E-state index in [0.29, 0.717) is 17.9 Å². The van der Waals surface area contributed by atoms with Gasteiger partial charge in [0.2, 0.25) is 0 Å². The van der Waals surface area contributed by atoms with Gasteiger partial charge in [0.15, 0.2) is 0 Å². The van der Waals surface area contributed by atoms with Crippen LogP contribution in [-0.2, 0) is 9.53 Å². The Morgan fingerprint density at radius 2 is 1.77 bits per heavy atom. The summed E-state index contributed by atoms with van der Waals surface area (Å²) in [6, 6.07) is 7.55. The van der Waals surface area contributed by atoms with Crippen LogP contribution in [0.5, 0.6) is 5.75 Å². The molecular weight excluding hydrogens is 378 g/mol. The normalized spacial score (nSPS) is 26.5. The first kappa shape index (κ1) is 22.6. The number of hydrogen-bond acceptors (Lipinski definition) is 4. The zero-order valence-corrected chi connectivity index (χ0v) is 19.0. The van der Waals surface area contributed by atoms with Gasteiger partial charge in [-0.15, -0.1) is 0 Å². The molecule has 2 aliphatic rings. The lowest BCUT2D eigenvalue weighted by atomic mass is 9.82. The molecule has 3 rings (SSSR count). The maximum absolute atomic E-state index is 13.0. The minimum absolute atomic E-state index is 0.00536. The fourth-order valence-corrected chi connectivity index (χ4v) is 4.93. The van der Waals surface area contributed by atoms with E-state index in [1.807, 2.05) is 36.1 Å². The Kier molecular flexibility index (Phi) is 7.43. The minimum Gasteiger partial charge on any atom is -0.490 e. The predicted octanol–water partition coefficient (Wildman–Crippen LogP) is 5.09. The predicted molar refractivity (Wildman–Crippen MR) is 118 cm³/mol. The Morgan fingerprint density at radius 1 is 1.10 bits per heavy atom. The number of hydrogen-bond donors (Lipinski definition) is 0. The van der Waals surface area contributed by atoms with Crippen molar-refractivity contribution in [1.29, 1.82) is 0 Å². The van der Waals surface area contributed by atoms with Crippen LogP contribution < -0.4 is 4.74 Å². The second-order valence-corrected chi connectivity index (χ2v) is 9.84. The first-order valence-corrected chi connectivity index (χ1v) is 11.5. The number of nitrogens with zero attached hydrogens (tertiary/aromatic N) is 1. The van der Waals surface area contributed by atoms with Gasteiger partial charge >= 0.3 is 5.97 Å². The number of rotatable bonds is 5. The molecule has 1 aliphatic carbocycles. The van der Waals surface area contributed by atoms with E-state index in [4.69, 9.17) is 9.47 Å². The van der Waals surface area contributed by atoms with Gasteiger partial charge in [-0.05, 0) is 81.0 Å². The van der Waals surface area contributed by atoms with Gasteiger partial charge in [0.1, 0.15) is 5.75 Å². The summed E-state index contributed by atoms with van der Waals surface area (Å²) >= 11 is 0. The summed E-state index contributed by atoms with van der Waals surface area (Å²) in [6.07, 6.45) is 5.64. The number of carbonyl (C=O) groups excluding carboxylic acids is 2. The molecule has 166 valence electrons. The molecule has 1 aromatic rings. The first-order valence-electron chi connectivity index (χ1n) is 11.5. The first-order chi connectivity index (χ1) is 14.3. The van der Waals surface area contributed by atoms with Crippen molar-refractivity contribution in [2.45, 2.75) is 72.3 Å². The molecule has 2 fully saturated rings. The van der Waals surface area contributed by atoms with Crippen LogP contribution in [0.2, 0.25) is 0 Å². The Hall–Kier alpha value is -2.04. The number of ether oxygens (including phenoxy) is 2. The fraction of sp³-hybridized carbons (Fsp3) is 0.680. The molecule has 0 bridgehead atoms. The lowest BCUT2D eigenvalue weighted by Gasteiger charge is -2.28. The molecule has 1 heterocycles. The van der Waals surface area contributed by atoms with E-state index in [1.165, 1.54) is 0 Å². The van der Waals surface area contributed by atoms with Crippen molar-refractivity contribution in [1.82, 2.24) is 4.90 Å². The maximum atomic E-state index is 13.0. The Balaban J connectivity index is 1.53. The van der Waals surface area contributed by atoms with Crippen molar-refractivity contribution in [3.8, 4) is 5.75 Å². The van der Waals surface area contributed by atoms with E-state index in [1.54, 1.807) is 0 Å². The lowest BCUT2D eigenvalue weighted by Crippen LogP contribution is -2.34. The molecule has 5 heteroatoms. The SMILES string of the molecule is CCOC(=O)C1CCC(Oc2ccc(C(=O)N3CCC(C)(C)CC(C)C3)cc2)CC1. The summed E-state index contributed by atoms with van der Waals surface area (Å²) in [5.41, 5.74) is 1.01. The molecule has 1 unspecified atom stereocenters. The molecule has 1 atom stereocenters. The van der Waals surface area contributed by atoms with Crippen LogP contribution in [0.4, 0.5) is 0 Å². The highest BCUT2D eigenvalue weighted by atomic mass is 16.5. The third-order valence-electron chi connectivity index (χ3n) is 6.48. The third kappa shape index (κ3) is 5.99. The highest BCUT2D eigenvalue weighted by molar-refractivity contribution is 5.94. The van der Waals surface area contributed by atoms with Crippen molar-refractivity contribution in [2.24, 2.45) is 17.3 Å². The Bertz CT molecular complexity index is 719. The van der Waals surface area contributed by atoms with Crippen molar-refractivity contribution in [2.75, 3.05) is 19.7 Å². The van der Waals surface area contributed by atoms with Gasteiger partial charge < -0.3 is 14.4 Å². The monoisotopic (exact) mass is 415 g/mol. The molecule has 1 amide bonds. The molecule has 1 saturated carbocycles. The number of amides is 1. The van der Waals surface area contributed by atoms with Crippen molar-refractivity contribution < 1.29 is 19.1 Å². The van der Waals surface area contributed by atoms with Crippen LogP contribution in [0.3, 0.4) is 0 Å². The molecular formula is C25H37NO4. The second kappa shape index (κ2) is 9.84. The standard InChI is InChI=1S/C25H37NO4/c1-5-29-24(28)20-8-12-22(13-9-20)30-21-10-6-19(7-11-21)23(27)26-15-14-25(3,4)16-18(2)17-26/h6-7,10-11,18,20,22H,5,8-9,12-17H2,1-4H3. The van der Waals surface area contributed by atoms with E-state index in [-0.39, 0.29) is 23.9 Å². The topological polar surface area (TPSA) is 55.8 Å². The van der Waals surface area contributed by atoms with Crippen LogP contribution in [0.1, 0.15) is 76.6 Å². The van der Waals surface area contributed by atoms with Crippen molar-refractivity contribution in [3.05, 3.63) is 29.8 Å². The molecule has 0 aromatic heterocycles. The van der Waals surface area contributed by atoms with E-state index in [0.717, 1.165) is 62.9 Å². The summed E-state index contributed by atoms with van der Waals surface area (Å²) in [5, 5.41) is 0. The molecule has 0 N–H and O–H groups in total. The fourth-order valence-electron chi connectivity index (χ4n) is 4.93. The van der Waals surface area contributed by atoms with Crippen molar-refractivity contribution >= 4 is 11.9 Å².